The number of sulfone groups is 1. The topological polar surface area (TPSA) is 104 Å². The smallest absolute Gasteiger partial charge is 0.325 e. The molecule has 23 heavy (non-hydrogen) atoms. The summed E-state index contributed by atoms with van der Waals surface area (Å²) >= 11 is 0. The summed E-state index contributed by atoms with van der Waals surface area (Å²) in [4.78, 5) is 38.9. The average molecular weight is 345 g/mol. The molecular formula is C14H23N3O5S. The van der Waals surface area contributed by atoms with E-state index >= 15 is 0 Å². The monoisotopic (exact) mass is 345 g/mol. The van der Waals surface area contributed by atoms with Crippen LogP contribution in [-0.2, 0) is 19.4 Å². The van der Waals surface area contributed by atoms with Crippen molar-refractivity contribution in [2.75, 3.05) is 31.6 Å². The Bertz CT molecular complexity index is 604. The van der Waals surface area contributed by atoms with Gasteiger partial charge >= 0.3 is 6.03 Å². The molecule has 0 aliphatic carbocycles. The summed E-state index contributed by atoms with van der Waals surface area (Å²) in [5.41, 5.74) is 0. The number of urea groups is 1. The van der Waals surface area contributed by atoms with Gasteiger partial charge in [0, 0.05) is 19.3 Å². The number of imide groups is 1. The Morgan fingerprint density at radius 1 is 1.35 bits per heavy atom. The van der Waals surface area contributed by atoms with E-state index in [1.165, 1.54) is 0 Å². The third kappa shape index (κ3) is 4.66. The molecule has 2 atom stereocenters. The third-order valence-electron chi connectivity index (χ3n) is 4.19. The second-order valence-electron chi connectivity index (χ2n) is 6.43. The van der Waals surface area contributed by atoms with Gasteiger partial charge in [-0.15, -0.1) is 0 Å². The predicted octanol–water partition coefficient (Wildman–Crippen LogP) is -0.400. The van der Waals surface area contributed by atoms with Gasteiger partial charge in [-0.1, -0.05) is 6.92 Å². The molecule has 1 N–H and O–H groups in total. The van der Waals surface area contributed by atoms with Crippen molar-refractivity contribution in [1.29, 1.82) is 0 Å². The molecular weight excluding hydrogens is 322 g/mol. The largest absolute Gasteiger partial charge is 0.341 e. The summed E-state index contributed by atoms with van der Waals surface area (Å²) in [7, 11) is -3.21. The number of carbonyl (C=O) groups is 3. The van der Waals surface area contributed by atoms with Crippen molar-refractivity contribution in [2.24, 2.45) is 5.92 Å². The van der Waals surface area contributed by atoms with Crippen LogP contribution < -0.4 is 5.32 Å². The zero-order valence-corrected chi connectivity index (χ0v) is 14.3. The molecule has 2 fully saturated rings. The van der Waals surface area contributed by atoms with Gasteiger partial charge in [-0.2, -0.15) is 0 Å². The first-order chi connectivity index (χ1) is 10.7. The van der Waals surface area contributed by atoms with Crippen LogP contribution in [0.5, 0.6) is 0 Å². The second-order valence-corrected chi connectivity index (χ2v) is 8.69. The molecule has 0 spiro atoms. The van der Waals surface area contributed by atoms with Crippen LogP contribution in [0.4, 0.5) is 4.79 Å². The molecule has 2 rings (SSSR count). The number of rotatable bonds is 5. The fourth-order valence-corrected chi connectivity index (χ4v) is 3.57. The lowest BCUT2D eigenvalue weighted by Gasteiger charge is -2.31. The first-order valence-corrected chi connectivity index (χ1v) is 9.81. The fraction of sp³-hybridized carbons (Fsp3) is 0.786. The van der Waals surface area contributed by atoms with Gasteiger partial charge in [0.15, 0.2) is 0 Å². The molecule has 8 nitrogen and oxygen atoms in total. The molecule has 130 valence electrons. The van der Waals surface area contributed by atoms with Gasteiger partial charge in [0.2, 0.25) is 5.91 Å². The van der Waals surface area contributed by atoms with Gasteiger partial charge in [0.25, 0.3) is 5.91 Å². The van der Waals surface area contributed by atoms with Crippen LogP contribution in [0.25, 0.3) is 0 Å². The molecule has 2 heterocycles. The van der Waals surface area contributed by atoms with Gasteiger partial charge < -0.3 is 10.2 Å². The molecule has 2 saturated heterocycles. The number of carbonyl (C=O) groups excluding carboxylic acids is 3. The van der Waals surface area contributed by atoms with Crippen molar-refractivity contribution < 1.29 is 22.8 Å². The highest BCUT2D eigenvalue weighted by Gasteiger charge is 2.39. The van der Waals surface area contributed by atoms with Crippen LogP contribution in [0, 0.1) is 5.92 Å². The van der Waals surface area contributed by atoms with E-state index < -0.39 is 27.8 Å². The highest BCUT2D eigenvalue weighted by Crippen LogP contribution is 2.17. The van der Waals surface area contributed by atoms with Crippen LogP contribution in [0.15, 0.2) is 0 Å². The number of amides is 4. The summed E-state index contributed by atoms with van der Waals surface area (Å²) in [6.07, 6.45) is 3.09. The maximum atomic E-state index is 12.3. The first kappa shape index (κ1) is 17.7. The quantitative estimate of drug-likeness (QED) is 0.683. The summed E-state index contributed by atoms with van der Waals surface area (Å²) in [5, 5.41) is 2.45. The minimum absolute atomic E-state index is 0.0227. The molecule has 0 bridgehead atoms. The normalized spacial score (nSPS) is 25.7. The highest BCUT2D eigenvalue weighted by molar-refractivity contribution is 7.90. The molecule has 9 heteroatoms. The molecule has 2 aliphatic heterocycles. The lowest BCUT2D eigenvalue weighted by Crippen LogP contribution is -2.46. The number of hydrogen-bond acceptors (Lipinski definition) is 5. The first-order valence-electron chi connectivity index (χ1n) is 7.75. The average Bonchev–Trinajstić information content (AvgIpc) is 2.72. The Balaban J connectivity index is 1.93. The Labute approximate surface area is 136 Å². The molecule has 0 saturated carbocycles. The third-order valence-corrected chi connectivity index (χ3v) is 5.16. The highest BCUT2D eigenvalue weighted by atomic mass is 32.2. The van der Waals surface area contributed by atoms with E-state index in [0.717, 1.165) is 24.0 Å². The van der Waals surface area contributed by atoms with Crippen molar-refractivity contribution >= 4 is 27.7 Å². The summed E-state index contributed by atoms with van der Waals surface area (Å²) in [5.74, 6) is -0.547. The number of nitrogens with one attached hydrogen (secondary N) is 1. The van der Waals surface area contributed by atoms with Gasteiger partial charge in [0.05, 0.1) is 5.75 Å². The Hall–Kier alpha value is -1.64. The maximum Gasteiger partial charge on any atom is 0.325 e. The standard InChI is InChI=1S/C14H23N3O5S/c1-10-4-3-6-16(8-10)12(18)9-17-13(19)11(15-14(17)20)5-7-23(2,21)22/h10-11H,3-9H2,1-2H3,(H,15,20)/t10-,11+/m0/s1. The van der Waals surface area contributed by atoms with Crippen LogP contribution in [0.2, 0.25) is 0 Å². The van der Waals surface area contributed by atoms with Crippen LogP contribution in [-0.4, -0.2) is 73.7 Å². The summed E-state index contributed by atoms with van der Waals surface area (Å²) in [6.45, 7) is 3.06. The molecule has 2 aliphatic rings. The van der Waals surface area contributed by atoms with E-state index in [9.17, 15) is 22.8 Å². The van der Waals surface area contributed by atoms with Crippen LogP contribution in [0.3, 0.4) is 0 Å². The summed E-state index contributed by atoms with van der Waals surface area (Å²) < 4.78 is 22.3. The molecule has 0 aromatic rings. The van der Waals surface area contributed by atoms with E-state index in [1.807, 2.05) is 0 Å². The molecule has 0 aromatic heterocycles. The Kier molecular flexibility index (Phi) is 5.28. The van der Waals surface area contributed by atoms with Crippen molar-refractivity contribution in [2.45, 2.75) is 32.2 Å². The zero-order chi connectivity index (χ0) is 17.2. The molecule has 0 unspecified atom stereocenters. The van der Waals surface area contributed by atoms with Crippen LogP contribution in [0.1, 0.15) is 26.2 Å². The Morgan fingerprint density at radius 3 is 2.65 bits per heavy atom. The van der Waals surface area contributed by atoms with E-state index in [2.05, 4.69) is 12.2 Å². The number of nitrogens with zero attached hydrogens (tertiary/aromatic N) is 2. The van der Waals surface area contributed by atoms with E-state index in [-0.39, 0.29) is 24.6 Å². The zero-order valence-electron chi connectivity index (χ0n) is 13.4. The van der Waals surface area contributed by atoms with Crippen molar-refractivity contribution in [3.8, 4) is 0 Å². The molecule has 4 amide bonds. The lowest BCUT2D eigenvalue weighted by molar-refractivity contribution is -0.138. The van der Waals surface area contributed by atoms with Gasteiger partial charge in [-0.05, 0) is 25.2 Å². The second kappa shape index (κ2) is 6.86. The fourth-order valence-electron chi connectivity index (χ4n) is 2.91. The number of hydrogen-bond donors (Lipinski definition) is 1. The van der Waals surface area contributed by atoms with Crippen molar-refractivity contribution in [1.82, 2.24) is 15.1 Å². The van der Waals surface area contributed by atoms with Gasteiger partial charge in [-0.25, -0.2) is 13.2 Å². The van der Waals surface area contributed by atoms with Crippen molar-refractivity contribution in [3.05, 3.63) is 0 Å². The minimum Gasteiger partial charge on any atom is -0.341 e. The van der Waals surface area contributed by atoms with E-state index in [0.29, 0.717) is 19.0 Å². The van der Waals surface area contributed by atoms with E-state index in [4.69, 9.17) is 0 Å². The summed E-state index contributed by atoms with van der Waals surface area (Å²) in [6, 6.07) is -1.50. The lowest BCUT2D eigenvalue weighted by atomic mass is 10.0. The molecule has 0 radical (unpaired) electrons. The SMILES string of the molecule is C[C@H]1CCCN(C(=O)CN2C(=O)N[C@H](CCS(C)(=O)=O)C2=O)C1. The van der Waals surface area contributed by atoms with Gasteiger partial charge in [0.1, 0.15) is 22.4 Å². The van der Waals surface area contributed by atoms with E-state index in [1.54, 1.807) is 4.90 Å². The van der Waals surface area contributed by atoms with Crippen molar-refractivity contribution in [3.63, 3.8) is 0 Å². The van der Waals surface area contributed by atoms with Crippen LogP contribution >= 0.6 is 0 Å². The Morgan fingerprint density at radius 2 is 2.04 bits per heavy atom. The predicted molar refractivity (Wildman–Crippen MR) is 83.3 cm³/mol. The number of piperidine rings is 1. The number of likely N-dealkylation sites (tertiary alicyclic amines) is 1. The molecule has 0 aromatic carbocycles. The van der Waals surface area contributed by atoms with Gasteiger partial charge in [-0.3, -0.25) is 14.5 Å². The minimum atomic E-state index is -3.21. The maximum absolute atomic E-state index is 12.3.